The van der Waals surface area contributed by atoms with Crippen LogP contribution in [0.2, 0.25) is 0 Å². The average Bonchev–Trinajstić information content (AvgIpc) is 3.31. The van der Waals surface area contributed by atoms with Gasteiger partial charge in [-0.3, -0.25) is 19.4 Å². The molecule has 8 heteroatoms. The number of hydrogen-bond acceptors (Lipinski definition) is 5. The lowest BCUT2D eigenvalue weighted by molar-refractivity contribution is -0.121. The molecule has 1 atom stereocenters. The first-order chi connectivity index (χ1) is 13.5. The van der Waals surface area contributed by atoms with Crippen molar-refractivity contribution in [2.45, 2.75) is 25.9 Å². The van der Waals surface area contributed by atoms with Crippen LogP contribution in [-0.2, 0) is 11.3 Å². The van der Waals surface area contributed by atoms with E-state index in [-0.39, 0.29) is 11.9 Å². The number of nitrogens with one attached hydrogen (secondary N) is 2. The lowest BCUT2D eigenvalue weighted by Crippen LogP contribution is -2.34. The van der Waals surface area contributed by atoms with E-state index in [9.17, 15) is 4.79 Å². The summed E-state index contributed by atoms with van der Waals surface area (Å²) in [6.45, 7) is 2.97. The fourth-order valence-electron chi connectivity index (χ4n) is 2.98. The fourth-order valence-corrected chi connectivity index (χ4v) is 3.20. The number of carbonyl (C=O) groups is 1. The number of H-pyrrole nitrogens is 1. The summed E-state index contributed by atoms with van der Waals surface area (Å²) < 4.78 is 7.84. The number of benzene rings is 1. The van der Waals surface area contributed by atoms with E-state index in [1.54, 1.807) is 6.26 Å². The Balaban J connectivity index is 1.61. The van der Waals surface area contributed by atoms with Gasteiger partial charge in [0, 0.05) is 25.1 Å². The maximum absolute atomic E-state index is 12.4. The molecule has 0 aliphatic carbocycles. The first-order valence-electron chi connectivity index (χ1n) is 9.14. The minimum Gasteiger partial charge on any atom is -0.468 e. The molecule has 2 N–H and O–H groups in total. The molecule has 0 bridgehead atoms. The number of hydrogen-bond donors (Lipinski definition) is 2. The largest absolute Gasteiger partial charge is 0.468 e. The summed E-state index contributed by atoms with van der Waals surface area (Å²) in [5.74, 6) is 1.51. The van der Waals surface area contributed by atoms with Gasteiger partial charge in [0.2, 0.25) is 5.91 Å². The van der Waals surface area contributed by atoms with Crippen molar-refractivity contribution in [3.63, 3.8) is 0 Å². The van der Waals surface area contributed by atoms with Gasteiger partial charge in [0.1, 0.15) is 5.76 Å². The number of aryl methyl sites for hydroxylation is 1. The molecular weight excluding hydrogens is 374 g/mol. The van der Waals surface area contributed by atoms with Crippen molar-refractivity contribution < 1.29 is 9.21 Å². The van der Waals surface area contributed by atoms with Crippen LogP contribution in [0.25, 0.3) is 11.4 Å². The molecule has 0 radical (unpaired) electrons. The lowest BCUT2D eigenvalue weighted by atomic mass is 10.1. The smallest absolute Gasteiger partial charge is 0.221 e. The van der Waals surface area contributed by atoms with Gasteiger partial charge in [0.15, 0.2) is 10.6 Å². The van der Waals surface area contributed by atoms with E-state index < -0.39 is 0 Å². The minimum atomic E-state index is -0.0450. The van der Waals surface area contributed by atoms with Crippen LogP contribution in [0.3, 0.4) is 0 Å². The number of nitrogens with zero attached hydrogens (tertiary/aromatic N) is 3. The van der Waals surface area contributed by atoms with Gasteiger partial charge in [0.25, 0.3) is 0 Å². The second-order valence-corrected chi connectivity index (χ2v) is 7.31. The summed E-state index contributed by atoms with van der Waals surface area (Å²) in [6, 6.07) is 11.8. The fraction of sp³-hybridized carbons (Fsp3) is 0.350. The van der Waals surface area contributed by atoms with Gasteiger partial charge in [0.05, 0.1) is 12.3 Å². The molecule has 3 aromatic rings. The van der Waals surface area contributed by atoms with E-state index in [0.29, 0.717) is 24.3 Å². The molecule has 1 aromatic carbocycles. The van der Waals surface area contributed by atoms with E-state index in [0.717, 1.165) is 17.1 Å². The summed E-state index contributed by atoms with van der Waals surface area (Å²) >= 11 is 5.34. The van der Waals surface area contributed by atoms with Gasteiger partial charge < -0.3 is 9.73 Å². The van der Waals surface area contributed by atoms with Crippen molar-refractivity contribution in [2.24, 2.45) is 0 Å². The molecule has 0 saturated carbocycles. The summed E-state index contributed by atoms with van der Waals surface area (Å²) in [5.41, 5.74) is 2.14. The van der Waals surface area contributed by atoms with Crippen LogP contribution < -0.4 is 5.32 Å². The van der Waals surface area contributed by atoms with E-state index in [2.05, 4.69) is 15.5 Å². The van der Waals surface area contributed by atoms with Gasteiger partial charge in [-0.25, -0.2) is 0 Å². The predicted octanol–water partition coefficient (Wildman–Crippen LogP) is 3.32. The summed E-state index contributed by atoms with van der Waals surface area (Å²) in [5, 5.41) is 10.1. The first-order valence-corrected chi connectivity index (χ1v) is 9.55. The molecule has 1 unspecified atom stereocenters. The summed E-state index contributed by atoms with van der Waals surface area (Å²) in [4.78, 5) is 14.4. The van der Waals surface area contributed by atoms with Crippen LogP contribution in [0.4, 0.5) is 0 Å². The maximum Gasteiger partial charge on any atom is 0.221 e. The van der Waals surface area contributed by atoms with Crippen molar-refractivity contribution in [3.8, 4) is 11.4 Å². The monoisotopic (exact) mass is 399 g/mol. The Kier molecular flexibility index (Phi) is 6.43. The molecule has 0 aliphatic rings. The number of aromatic nitrogens is 3. The van der Waals surface area contributed by atoms with E-state index >= 15 is 0 Å². The van der Waals surface area contributed by atoms with Crippen LogP contribution in [0, 0.1) is 11.7 Å². The Hall–Kier alpha value is -2.71. The number of furan rings is 1. The Morgan fingerprint density at radius 3 is 2.71 bits per heavy atom. The van der Waals surface area contributed by atoms with Gasteiger partial charge in [-0.2, -0.15) is 5.10 Å². The Morgan fingerprint density at radius 2 is 2.07 bits per heavy atom. The number of aromatic amines is 1. The quantitative estimate of drug-likeness (QED) is 0.568. The molecule has 0 aliphatic heterocycles. The highest BCUT2D eigenvalue weighted by Crippen LogP contribution is 2.19. The van der Waals surface area contributed by atoms with Crippen molar-refractivity contribution in [2.75, 3.05) is 20.6 Å². The zero-order valence-corrected chi connectivity index (χ0v) is 17.1. The standard InChI is InChI=1S/C20H25N5O2S/c1-14-6-8-15(9-7-14)19-22-23-20(28)25(19)11-10-18(26)21-13-16(24(2)3)17-5-4-12-27-17/h4-9,12,16H,10-11,13H2,1-3H3,(H,21,26)(H,23,28). The number of amides is 1. The highest BCUT2D eigenvalue weighted by Gasteiger charge is 2.18. The minimum absolute atomic E-state index is 0.0156. The Morgan fingerprint density at radius 1 is 1.32 bits per heavy atom. The summed E-state index contributed by atoms with van der Waals surface area (Å²) in [6.07, 6.45) is 1.95. The van der Waals surface area contributed by atoms with Crippen molar-refractivity contribution in [1.82, 2.24) is 25.0 Å². The van der Waals surface area contributed by atoms with Crippen molar-refractivity contribution >= 4 is 18.1 Å². The van der Waals surface area contributed by atoms with Gasteiger partial charge in [-0.1, -0.05) is 29.8 Å². The molecule has 3 rings (SSSR count). The van der Waals surface area contributed by atoms with Gasteiger partial charge in [-0.15, -0.1) is 0 Å². The molecule has 0 saturated heterocycles. The first kappa shape index (κ1) is 20.0. The molecule has 148 valence electrons. The zero-order valence-electron chi connectivity index (χ0n) is 16.3. The van der Waals surface area contributed by atoms with Crippen LogP contribution >= 0.6 is 12.2 Å². The van der Waals surface area contributed by atoms with E-state index in [4.69, 9.17) is 16.6 Å². The topological polar surface area (TPSA) is 79.1 Å². The van der Waals surface area contributed by atoms with Crippen LogP contribution in [0.5, 0.6) is 0 Å². The van der Waals surface area contributed by atoms with Crippen LogP contribution in [0.15, 0.2) is 47.1 Å². The van der Waals surface area contributed by atoms with E-state index in [1.165, 1.54) is 5.56 Å². The normalized spacial score (nSPS) is 12.3. The molecule has 28 heavy (non-hydrogen) atoms. The number of likely N-dealkylation sites (N-methyl/N-ethyl adjacent to an activating group) is 1. The number of rotatable bonds is 8. The van der Waals surface area contributed by atoms with Gasteiger partial charge >= 0.3 is 0 Å². The third-order valence-electron chi connectivity index (χ3n) is 4.62. The second kappa shape index (κ2) is 8.99. The highest BCUT2D eigenvalue weighted by atomic mass is 32.1. The highest BCUT2D eigenvalue weighted by molar-refractivity contribution is 7.71. The summed E-state index contributed by atoms with van der Waals surface area (Å²) in [7, 11) is 3.91. The molecular formula is C20H25N5O2S. The lowest BCUT2D eigenvalue weighted by Gasteiger charge is -2.22. The SMILES string of the molecule is Cc1ccc(-c2n[nH]c(=S)n2CCC(=O)NCC(c2ccco2)N(C)C)cc1. The third kappa shape index (κ3) is 4.76. The molecule has 0 spiro atoms. The molecule has 1 amide bonds. The van der Waals surface area contributed by atoms with Crippen LogP contribution in [-0.4, -0.2) is 46.2 Å². The maximum atomic E-state index is 12.4. The predicted molar refractivity (Wildman–Crippen MR) is 110 cm³/mol. The molecule has 7 nitrogen and oxygen atoms in total. The molecule has 2 heterocycles. The van der Waals surface area contributed by atoms with E-state index in [1.807, 2.05) is 66.9 Å². The second-order valence-electron chi connectivity index (χ2n) is 6.92. The zero-order chi connectivity index (χ0) is 20.1. The van der Waals surface area contributed by atoms with Gasteiger partial charge in [-0.05, 0) is 45.4 Å². The molecule has 2 aromatic heterocycles. The number of carbonyl (C=O) groups excluding carboxylic acids is 1. The van der Waals surface area contributed by atoms with Crippen molar-refractivity contribution in [3.05, 3.63) is 58.8 Å². The van der Waals surface area contributed by atoms with Crippen molar-refractivity contribution in [1.29, 1.82) is 0 Å². The third-order valence-corrected chi connectivity index (χ3v) is 4.93. The Bertz CT molecular complexity index is 957. The average molecular weight is 400 g/mol. The molecule has 0 fully saturated rings. The van der Waals surface area contributed by atoms with Crippen LogP contribution in [0.1, 0.15) is 23.8 Å². The Labute approximate surface area is 169 Å².